The molecule has 1 unspecified atom stereocenters. The highest BCUT2D eigenvalue weighted by molar-refractivity contribution is 9.10. The minimum atomic E-state index is -0.713. The van der Waals surface area contributed by atoms with Gasteiger partial charge in [-0.15, -0.1) is 0 Å². The van der Waals surface area contributed by atoms with Crippen LogP contribution in [0.15, 0.2) is 51.7 Å². The van der Waals surface area contributed by atoms with Gasteiger partial charge in [-0.2, -0.15) is 10.1 Å². The second-order valence-electron chi connectivity index (χ2n) is 7.34. The second-order valence-corrected chi connectivity index (χ2v) is 8.25. The van der Waals surface area contributed by atoms with Crippen molar-refractivity contribution in [3.8, 4) is 28.4 Å². The summed E-state index contributed by atoms with van der Waals surface area (Å²) in [5.41, 5.74) is 1.24. The molecule has 1 fully saturated rings. The molecule has 1 aromatic heterocycles. The number of hydrogen-bond donors (Lipinski definition) is 0. The number of ether oxygens (including phenoxy) is 1. The summed E-state index contributed by atoms with van der Waals surface area (Å²) < 4.78 is 7.76. The van der Waals surface area contributed by atoms with Crippen molar-refractivity contribution in [2.45, 2.75) is 25.4 Å². The van der Waals surface area contributed by atoms with E-state index in [-0.39, 0.29) is 11.6 Å². The molecule has 3 heterocycles. The van der Waals surface area contributed by atoms with E-state index in [1.807, 2.05) is 25.1 Å². The standard InChI is InChI=1S/C21H17BrN4O3/c1-21-10-9-17(27)25(21)16-8-5-13(22)11-15(16)19-23-20(28)18(24-26(19)21)12-3-6-14(29-2)7-4-12/h3-8,11H,9-10H2,1-2H3. The summed E-state index contributed by atoms with van der Waals surface area (Å²) in [5.74, 6) is 1.20. The van der Waals surface area contributed by atoms with Gasteiger partial charge in [0.05, 0.1) is 12.8 Å². The Morgan fingerprint density at radius 1 is 1.14 bits per heavy atom. The van der Waals surface area contributed by atoms with Crippen LogP contribution in [0.3, 0.4) is 0 Å². The third kappa shape index (κ3) is 2.55. The Hall–Kier alpha value is -3.00. The van der Waals surface area contributed by atoms with Crippen molar-refractivity contribution in [3.05, 3.63) is 57.3 Å². The molecule has 2 aromatic carbocycles. The third-order valence-electron chi connectivity index (χ3n) is 5.61. The summed E-state index contributed by atoms with van der Waals surface area (Å²) >= 11 is 3.48. The van der Waals surface area contributed by atoms with Gasteiger partial charge in [-0.25, -0.2) is 4.68 Å². The quantitative estimate of drug-likeness (QED) is 0.593. The van der Waals surface area contributed by atoms with Gasteiger partial charge in [-0.3, -0.25) is 14.5 Å². The minimum Gasteiger partial charge on any atom is -0.497 e. The number of hydrogen-bond acceptors (Lipinski definition) is 5. The topological polar surface area (TPSA) is 77.3 Å². The molecule has 0 bridgehead atoms. The number of rotatable bonds is 2. The predicted molar refractivity (Wildman–Crippen MR) is 112 cm³/mol. The van der Waals surface area contributed by atoms with E-state index < -0.39 is 11.2 Å². The Bertz CT molecular complexity index is 1220. The van der Waals surface area contributed by atoms with E-state index in [1.54, 1.807) is 41.0 Å². The summed E-state index contributed by atoms with van der Waals surface area (Å²) in [6, 6.07) is 12.8. The molecular weight excluding hydrogens is 436 g/mol. The molecule has 1 saturated heterocycles. The largest absolute Gasteiger partial charge is 0.497 e. The Morgan fingerprint density at radius 2 is 1.90 bits per heavy atom. The number of halogens is 1. The van der Waals surface area contributed by atoms with Crippen LogP contribution in [0.1, 0.15) is 19.8 Å². The summed E-state index contributed by atoms with van der Waals surface area (Å²) in [4.78, 5) is 31.8. The highest BCUT2D eigenvalue weighted by Gasteiger charge is 2.50. The zero-order chi connectivity index (χ0) is 20.3. The van der Waals surface area contributed by atoms with Gasteiger partial charge < -0.3 is 4.74 Å². The van der Waals surface area contributed by atoms with Crippen molar-refractivity contribution < 1.29 is 9.53 Å². The van der Waals surface area contributed by atoms with Crippen LogP contribution in [-0.4, -0.2) is 27.8 Å². The Morgan fingerprint density at radius 3 is 2.62 bits per heavy atom. The van der Waals surface area contributed by atoms with Crippen LogP contribution in [0, 0.1) is 0 Å². The monoisotopic (exact) mass is 452 g/mol. The SMILES string of the molecule is COc1ccc(-c2nn3c(nc2=O)-c2cc(Br)ccc2N2C(=O)CCC23C)cc1. The van der Waals surface area contributed by atoms with E-state index in [4.69, 9.17) is 9.84 Å². The first-order valence-corrected chi connectivity index (χ1v) is 10.0. The van der Waals surface area contributed by atoms with E-state index in [9.17, 15) is 9.59 Å². The molecule has 29 heavy (non-hydrogen) atoms. The van der Waals surface area contributed by atoms with Gasteiger partial charge in [0.1, 0.15) is 11.4 Å². The van der Waals surface area contributed by atoms with Crippen LogP contribution < -0.4 is 15.2 Å². The molecule has 0 spiro atoms. The van der Waals surface area contributed by atoms with Crippen LogP contribution in [0.4, 0.5) is 5.69 Å². The molecule has 0 saturated carbocycles. The lowest BCUT2D eigenvalue weighted by Gasteiger charge is -2.42. The molecule has 146 valence electrons. The van der Waals surface area contributed by atoms with Gasteiger partial charge in [-0.05, 0) is 49.4 Å². The van der Waals surface area contributed by atoms with Crippen LogP contribution in [0.25, 0.3) is 22.6 Å². The van der Waals surface area contributed by atoms with Crippen LogP contribution >= 0.6 is 15.9 Å². The van der Waals surface area contributed by atoms with Gasteiger partial charge in [0.2, 0.25) is 5.91 Å². The van der Waals surface area contributed by atoms with Gasteiger partial charge in [0, 0.05) is 28.4 Å². The molecule has 0 aliphatic carbocycles. The zero-order valence-corrected chi connectivity index (χ0v) is 17.4. The van der Waals surface area contributed by atoms with Crippen molar-refractivity contribution in [2.75, 3.05) is 12.0 Å². The Labute approximate surface area is 175 Å². The van der Waals surface area contributed by atoms with E-state index in [2.05, 4.69) is 20.9 Å². The number of carbonyl (C=O) groups is 1. The molecule has 0 N–H and O–H groups in total. The van der Waals surface area contributed by atoms with E-state index in [1.165, 1.54) is 0 Å². The van der Waals surface area contributed by atoms with Crippen molar-refractivity contribution in [1.29, 1.82) is 0 Å². The van der Waals surface area contributed by atoms with E-state index in [0.717, 1.165) is 10.2 Å². The van der Waals surface area contributed by atoms with Crippen LogP contribution in [0.2, 0.25) is 0 Å². The molecule has 0 radical (unpaired) electrons. The summed E-state index contributed by atoms with van der Waals surface area (Å²) in [5, 5.41) is 4.71. The van der Waals surface area contributed by atoms with Crippen molar-refractivity contribution in [3.63, 3.8) is 0 Å². The number of nitrogens with zero attached hydrogens (tertiary/aromatic N) is 4. The molecule has 2 aliphatic heterocycles. The fourth-order valence-electron chi connectivity index (χ4n) is 4.14. The Kier molecular flexibility index (Phi) is 3.89. The average Bonchev–Trinajstić information content (AvgIpc) is 3.03. The molecule has 7 nitrogen and oxygen atoms in total. The number of fused-ring (bicyclic) bond motifs is 6. The highest BCUT2D eigenvalue weighted by atomic mass is 79.9. The number of anilines is 1. The normalized spacial score (nSPS) is 19.6. The molecular formula is C21H17BrN4O3. The molecule has 1 atom stereocenters. The van der Waals surface area contributed by atoms with Crippen LogP contribution in [0.5, 0.6) is 5.75 Å². The van der Waals surface area contributed by atoms with Gasteiger partial charge in [0.25, 0.3) is 5.56 Å². The second kappa shape index (κ2) is 6.25. The zero-order valence-electron chi connectivity index (χ0n) is 15.8. The van der Waals surface area contributed by atoms with Gasteiger partial charge >= 0.3 is 0 Å². The average molecular weight is 453 g/mol. The number of aromatic nitrogens is 3. The fourth-order valence-corrected chi connectivity index (χ4v) is 4.50. The number of benzene rings is 2. The highest BCUT2D eigenvalue weighted by Crippen LogP contribution is 2.48. The van der Waals surface area contributed by atoms with Gasteiger partial charge in [-0.1, -0.05) is 15.9 Å². The number of methoxy groups -OCH3 is 1. The van der Waals surface area contributed by atoms with Crippen molar-refractivity contribution >= 4 is 27.5 Å². The first kappa shape index (κ1) is 18.1. The Balaban J connectivity index is 1.78. The smallest absolute Gasteiger partial charge is 0.300 e. The lowest BCUT2D eigenvalue weighted by atomic mass is 10.0. The van der Waals surface area contributed by atoms with Crippen molar-refractivity contribution in [2.24, 2.45) is 0 Å². The minimum absolute atomic E-state index is 0.0354. The third-order valence-corrected chi connectivity index (χ3v) is 6.11. The molecule has 3 aromatic rings. The molecule has 2 aliphatic rings. The first-order valence-electron chi connectivity index (χ1n) is 9.21. The maximum Gasteiger partial charge on any atom is 0.300 e. The van der Waals surface area contributed by atoms with E-state index in [0.29, 0.717) is 35.5 Å². The van der Waals surface area contributed by atoms with E-state index >= 15 is 0 Å². The van der Waals surface area contributed by atoms with Crippen molar-refractivity contribution in [1.82, 2.24) is 14.8 Å². The lowest BCUT2D eigenvalue weighted by Crippen LogP contribution is -2.51. The predicted octanol–water partition coefficient (Wildman–Crippen LogP) is 3.56. The lowest BCUT2D eigenvalue weighted by molar-refractivity contribution is -0.117. The molecule has 5 rings (SSSR count). The summed E-state index contributed by atoms with van der Waals surface area (Å²) in [6.45, 7) is 1.96. The number of amides is 1. The first-order chi connectivity index (χ1) is 13.9. The molecule has 1 amide bonds. The molecule has 8 heteroatoms. The summed E-state index contributed by atoms with van der Waals surface area (Å²) in [7, 11) is 1.59. The maximum absolute atomic E-state index is 12.9. The number of carbonyl (C=O) groups excluding carboxylic acids is 1. The summed E-state index contributed by atoms with van der Waals surface area (Å²) in [6.07, 6.45) is 1.01. The fraction of sp³-hybridized carbons (Fsp3) is 0.238. The van der Waals surface area contributed by atoms with Crippen LogP contribution in [-0.2, 0) is 10.5 Å². The maximum atomic E-state index is 12.9. The van der Waals surface area contributed by atoms with Gasteiger partial charge in [0.15, 0.2) is 11.5 Å².